The molecule has 0 saturated carbocycles. The van der Waals surface area contributed by atoms with Crippen LogP contribution in [0.5, 0.6) is 23.0 Å². The Morgan fingerprint density at radius 2 is 1.86 bits per heavy atom. The Labute approximate surface area is 174 Å². The first-order valence-electron chi connectivity index (χ1n) is 8.26. The zero-order valence-electron chi connectivity index (χ0n) is 15.3. The molecule has 0 aliphatic carbocycles. The maximum Gasteiger partial charge on any atom is 0.388 e. The van der Waals surface area contributed by atoms with Gasteiger partial charge in [0.05, 0.1) is 29.7 Å². The minimum atomic E-state index is -4.32. The van der Waals surface area contributed by atoms with Crippen molar-refractivity contribution in [1.29, 1.82) is 0 Å². The van der Waals surface area contributed by atoms with E-state index >= 15 is 0 Å². The van der Waals surface area contributed by atoms with Gasteiger partial charge in [-0.05, 0) is 59.3 Å². The molecule has 0 atom stereocenters. The molecule has 152 valence electrons. The van der Waals surface area contributed by atoms with Crippen LogP contribution in [0, 0.1) is 0 Å². The number of fused-ring (bicyclic) bond motifs is 1. The molecule has 2 aromatic carbocycles. The van der Waals surface area contributed by atoms with Crippen molar-refractivity contribution in [3.05, 3.63) is 36.4 Å². The average Bonchev–Trinajstić information content (AvgIpc) is 3.35. The number of rotatable bonds is 6. The van der Waals surface area contributed by atoms with Crippen LogP contribution in [0.25, 0.3) is 21.7 Å². The van der Waals surface area contributed by atoms with Gasteiger partial charge in [-0.15, -0.1) is 0 Å². The van der Waals surface area contributed by atoms with Crippen LogP contribution in [0.2, 0.25) is 0 Å². The van der Waals surface area contributed by atoms with Crippen molar-refractivity contribution >= 4 is 29.7 Å². The zero-order chi connectivity index (χ0) is 20.6. The summed E-state index contributed by atoms with van der Waals surface area (Å²) in [5, 5.41) is 0. The van der Waals surface area contributed by atoms with Gasteiger partial charge < -0.3 is 28.7 Å². The first-order chi connectivity index (χ1) is 13.9. The number of ether oxygens (including phenoxy) is 4. The molecule has 29 heavy (non-hydrogen) atoms. The second kappa shape index (κ2) is 7.89. The summed E-state index contributed by atoms with van der Waals surface area (Å²) in [6.07, 6.45) is 0. The van der Waals surface area contributed by atoms with E-state index < -0.39 is 6.80 Å². The zero-order valence-corrected chi connectivity index (χ0v) is 17.8. The van der Waals surface area contributed by atoms with Crippen LogP contribution in [-0.2, 0) is 4.57 Å². The predicted octanol–water partition coefficient (Wildman–Crippen LogP) is 4.41. The second-order valence-electron chi connectivity index (χ2n) is 5.94. The number of benzene rings is 2. The van der Waals surface area contributed by atoms with Crippen LogP contribution >= 0.6 is 29.7 Å². The highest BCUT2D eigenvalue weighted by atomic mass is 32.7. The first kappa shape index (κ1) is 20.1. The van der Waals surface area contributed by atoms with Crippen molar-refractivity contribution in [3.63, 3.8) is 0 Å². The first-order valence-corrected chi connectivity index (χ1v) is 12.1. The second-order valence-corrected chi connectivity index (χ2v) is 10.3. The van der Waals surface area contributed by atoms with E-state index in [1.54, 1.807) is 25.3 Å². The molecule has 0 bridgehead atoms. The Hall–Kier alpha value is -2.23. The summed E-state index contributed by atoms with van der Waals surface area (Å²) in [6, 6.07) is 10.7. The summed E-state index contributed by atoms with van der Waals surface area (Å²) >= 11 is 1.75. The fourth-order valence-electron chi connectivity index (χ4n) is 2.85. The smallest absolute Gasteiger partial charge is 0.388 e. The van der Waals surface area contributed by atoms with Gasteiger partial charge in [-0.1, -0.05) is 0 Å². The van der Waals surface area contributed by atoms with Gasteiger partial charge in [0.25, 0.3) is 0 Å². The van der Waals surface area contributed by atoms with E-state index in [4.69, 9.17) is 18.9 Å². The molecule has 3 aromatic rings. The predicted molar refractivity (Wildman–Crippen MR) is 110 cm³/mol. The maximum absolute atomic E-state index is 11.4. The molecule has 1 aliphatic rings. The summed E-state index contributed by atoms with van der Waals surface area (Å²) in [4.78, 5) is 19.8. The lowest BCUT2D eigenvalue weighted by Gasteiger charge is -2.10. The Bertz CT molecular complexity index is 1110. The monoisotopic (exact) mass is 453 g/mol. The number of hydrogen-bond donors (Lipinski definition) is 2. The van der Waals surface area contributed by atoms with Gasteiger partial charge in [-0.3, -0.25) is 0 Å². The van der Waals surface area contributed by atoms with Crippen LogP contribution in [0.1, 0.15) is 0 Å². The van der Waals surface area contributed by atoms with Gasteiger partial charge in [0.15, 0.2) is 11.5 Å². The van der Waals surface area contributed by atoms with Gasteiger partial charge in [0.1, 0.15) is 5.75 Å². The molecule has 11 heteroatoms. The van der Waals surface area contributed by atoms with E-state index in [0.29, 0.717) is 45.0 Å². The molecule has 2 heterocycles. The van der Waals surface area contributed by atoms with Crippen molar-refractivity contribution in [2.75, 3.05) is 21.0 Å². The van der Waals surface area contributed by atoms with Crippen molar-refractivity contribution in [2.45, 2.75) is 4.90 Å². The van der Waals surface area contributed by atoms with Gasteiger partial charge in [-0.25, -0.2) is 4.57 Å². The lowest BCUT2D eigenvalue weighted by molar-refractivity contribution is 0.171. The van der Waals surface area contributed by atoms with E-state index in [1.807, 2.05) is 18.2 Å². The van der Waals surface area contributed by atoms with Crippen LogP contribution < -0.4 is 18.9 Å². The standard InChI is InChI=1S/C18H16NO7PS2/c1-23-13-4-3-10(7-17(13)29-27(20,21)22)12-8-16(28-19-12)11-5-14(24-2)18-15(6-11)25-9-26-18/h3-8H,9H2,1-2H3,(H2,20,21,22). The maximum atomic E-state index is 11.4. The Balaban J connectivity index is 1.70. The third-order valence-corrected chi connectivity index (χ3v) is 7.03. The number of hydrogen-bond acceptors (Lipinski definition) is 8. The minimum Gasteiger partial charge on any atom is -0.496 e. The molecule has 2 N–H and O–H groups in total. The van der Waals surface area contributed by atoms with Crippen LogP contribution in [0.3, 0.4) is 0 Å². The highest BCUT2D eigenvalue weighted by Gasteiger charge is 2.22. The van der Waals surface area contributed by atoms with E-state index in [-0.39, 0.29) is 6.79 Å². The molecule has 0 saturated heterocycles. The minimum absolute atomic E-state index is 0.148. The van der Waals surface area contributed by atoms with E-state index in [1.165, 1.54) is 18.6 Å². The third kappa shape index (κ3) is 4.22. The van der Waals surface area contributed by atoms with E-state index in [0.717, 1.165) is 16.0 Å². The molecular weight excluding hydrogens is 437 g/mol. The van der Waals surface area contributed by atoms with Gasteiger partial charge in [-0.2, -0.15) is 4.37 Å². The topological polar surface area (TPSA) is 107 Å². The highest BCUT2D eigenvalue weighted by molar-refractivity contribution is 8.54. The molecular formula is C18H16NO7PS2. The summed E-state index contributed by atoms with van der Waals surface area (Å²) in [5.74, 6) is 2.15. The SMILES string of the molecule is COc1ccc(-c2cc(-c3cc(OC)c4c(c3)OCO4)sn2)cc1SP(=O)(O)O. The number of nitrogens with zero attached hydrogens (tertiary/aromatic N) is 1. The van der Waals surface area contributed by atoms with Gasteiger partial charge >= 0.3 is 6.80 Å². The van der Waals surface area contributed by atoms with Crippen molar-refractivity contribution < 1.29 is 33.3 Å². The Kier molecular flexibility index (Phi) is 5.46. The average molecular weight is 453 g/mol. The summed E-state index contributed by atoms with van der Waals surface area (Å²) in [6.45, 7) is -4.17. The Morgan fingerprint density at radius 1 is 1.07 bits per heavy atom. The fraction of sp³-hybridized carbons (Fsp3) is 0.167. The molecule has 0 amide bonds. The van der Waals surface area contributed by atoms with E-state index in [2.05, 4.69) is 4.37 Å². The molecule has 4 rings (SSSR count). The molecule has 0 radical (unpaired) electrons. The molecule has 8 nitrogen and oxygen atoms in total. The summed E-state index contributed by atoms with van der Waals surface area (Å²) in [5.41, 5.74) is 2.27. The quantitative estimate of drug-likeness (QED) is 0.525. The summed E-state index contributed by atoms with van der Waals surface area (Å²) in [7, 11) is 3.02. The van der Waals surface area contributed by atoms with E-state index in [9.17, 15) is 14.4 Å². The molecule has 1 aromatic heterocycles. The van der Waals surface area contributed by atoms with Crippen LogP contribution in [-0.4, -0.2) is 35.2 Å². The van der Waals surface area contributed by atoms with Crippen LogP contribution in [0.15, 0.2) is 41.3 Å². The van der Waals surface area contributed by atoms with Gasteiger partial charge in [0.2, 0.25) is 12.5 Å². The van der Waals surface area contributed by atoms with Crippen molar-refractivity contribution in [2.24, 2.45) is 0 Å². The lowest BCUT2D eigenvalue weighted by Crippen LogP contribution is -1.93. The van der Waals surface area contributed by atoms with Crippen LogP contribution in [0.4, 0.5) is 0 Å². The Morgan fingerprint density at radius 3 is 2.59 bits per heavy atom. The fourth-order valence-corrected chi connectivity index (χ4v) is 5.47. The molecule has 0 fully saturated rings. The third-order valence-electron chi connectivity index (χ3n) is 4.13. The van der Waals surface area contributed by atoms with Crippen molar-refractivity contribution in [1.82, 2.24) is 4.37 Å². The summed E-state index contributed by atoms with van der Waals surface area (Å²) < 4.78 is 37.4. The molecule has 1 aliphatic heterocycles. The normalized spacial score (nSPS) is 12.8. The largest absolute Gasteiger partial charge is 0.496 e. The lowest BCUT2D eigenvalue weighted by atomic mass is 10.1. The molecule has 0 spiro atoms. The number of aromatic nitrogens is 1. The van der Waals surface area contributed by atoms with Gasteiger partial charge in [0, 0.05) is 11.1 Å². The number of methoxy groups -OCH3 is 2. The highest BCUT2D eigenvalue weighted by Crippen LogP contribution is 2.57. The molecule has 0 unspecified atom stereocenters. The van der Waals surface area contributed by atoms with Crippen molar-refractivity contribution in [3.8, 4) is 44.7 Å².